The minimum atomic E-state index is 0.400. The van der Waals surface area contributed by atoms with Crippen molar-refractivity contribution in [3.05, 3.63) is 6.08 Å². The molecule has 0 saturated carbocycles. The van der Waals surface area contributed by atoms with Gasteiger partial charge >= 0.3 is 0 Å². The highest BCUT2D eigenvalue weighted by atomic mass is 16.1. The van der Waals surface area contributed by atoms with Crippen molar-refractivity contribution >= 4 is 5.94 Å². The van der Waals surface area contributed by atoms with Crippen LogP contribution in [0.5, 0.6) is 0 Å². The van der Waals surface area contributed by atoms with Gasteiger partial charge < -0.3 is 0 Å². The fourth-order valence-corrected chi connectivity index (χ4v) is 0.234. The van der Waals surface area contributed by atoms with E-state index in [9.17, 15) is 4.79 Å². The van der Waals surface area contributed by atoms with Crippen LogP contribution in [0.15, 0.2) is 6.08 Å². The van der Waals surface area contributed by atoms with Gasteiger partial charge in [-0.2, -0.15) is 0 Å². The van der Waals surface area contributed by atoms with Crippen molar-refractivity contribution in [1.82, 2.24) is 0 Å². The van der Waals surface area contributed by atoms with Crippen LogP contribution in [-0.4, -0.2) is 5.94 Å². The molecule has 0 bridgehead atoms. The summed E-state index contributed by atoms with van der Waals surface area (Å²) < 4.78 is 0. The van der Waals surface area contributed by atoms with E-state index in [0.29, 0.717) is 5.92 Å². The Bertz CT molecular complexity index is 80.2. The molecule has 0 radical (unpaired) electrons. The van der Waals surface area contributed by atoms with E-state index in [1.54, 1.807) is 12.0 Å². The maximum Gasteiger partial charge on any atom is 0.120 e. The Balaban J connectivity index is 3.35. The Morgan fingerprint density at radius 1 is 1.86 bits per heavy atom. The average molecular weight is 98.1 g/mol. The molecule has 0 unspecified atom stereocenters. The lowest BCUT2D eigenvalue weighted by molar-refractivity contribution is 0.564. The number of hydrogen-bond acceptors (Lipinski definition) is 1. The standard InChI is InChI=1S/C6H10O/c1-3-6(2)4-5-7/h4,6H,3H2,1-2H3/t6-/m0/s1. The number of carbonyl (C=O) groups excluding carboxylic acids is 1. The third kappa shape index (κ3) is 3.28. The molecule has 0 aromatic carbocycles. The van der Waals surface area contributed by atoms with Gasteiger partial charge in [0.15, 0.2) is 0 Å². The zero-order valence-corrected chi connectivity index (χ0v) is 4.77. The Morgan fingerprint density at radius 3 is 2.57 bits per heavy atom. The quantitative estimate of drug-likeness (QED) is 0.477. The van der Waals surface area contributed by atoms with Crippen LogP contribution in [-0.2, 0) is 4.79 Å². The predicted octanol–water partition coefficient (Wildman–Crippen LogP) is 1.42. The zero-order valence-electron chi connectivity index (χ0n) is 4.77. The fraction of sp³-hybridized carbons (Fsp3) is 0.667. The van der Waals surface area contributed by atoms with Crippen molar-refractivity contribution in [1.29, 1.82) is 0 Å². The van der Waals surface area contributed by atoms with Gasteiger partial charge in [-0.1, -0.05) is 13.8 Å². The second-order valence-corrected chi connectivity index (χ2v) is 1.67. The van der Waals surface area contributed by atoms with Crippen molar-refractivity contribution in [2.24, 2.45) is 5.92 Å². The topological polar surface area (TPSA) is 17.1 Å². The maximum absolute atomic E-state index is 9.59. The summed E-state index contributed by atoms with van der Waals surface area (Å²) >= 11 is 0. The van der Waals surface area contributed by atoms with Crippen LogP contribution >= 0.6 is 0 Å². The molecule has 0 N–H and O–H groups in total. The van der Waals surface area contributed by atoms with Gasteiger partial charge in [-0.05, 0) is 12.3 Å². The second-order valence-electron chi connectivity index (χ2n) is 1.67. The molecule has 0 aliphatic heterocycles. The molecule has 0 saturated heterocycles. The second kappa shape index (κ2) is 3.63. The van der Waals surface area contributed by atoms with Crippen LogP contribution < -0.4 is 0 Å². The highest BCUT2D eigenvalue weighted by Crippen LogP contribution is 1.97. The van der Waals surface area contributed by atoms with Gasteiger partial charge in [0, 0.05) is 6.08 Å². The van der Waals surface area contributed by atoms with Gasteiger partial charge in [0.2, 0.25) is 0 Å². The van der Waals surface area contributed by atoms with E-state index in [1.807, 2.05) is 13.8 Å². The first-order chi connectivity index (χ1) is 3.31. The van der Waals surface area contributed by atoms with Gasteiger partial charge in [-0.25, -0.2) is 4.79 Å². The third-order valence-corrected chi connectivity index (χ3v) is 0.997. The molecule has 0 rings (SSSR count). The summed E-state index contributed by atoms with van der Waals surface area (Å²) in [4.78, 5) is 9.59. The zero-order chi connectivity index (χ0) is 5.70. The predicted molar refractivity (Wildman–Crippen MR) is 29.7 cm³/mol. The van der Waals surface area contributed by atoms with Crippen molar-refractivity contribution < 1.29 is 4.79 Å². The van der Waals surface area contributed by atoms with Gasteiger partial charge in [0.1, 0.15) is 5.94 Å². The summed E-state index contributed by atoms with van der Waals surface area (Å²) in [5, 5.41) is 0. The molecule has 0 fully saturated rings. The largest absolute Gasteiger partial charge is 0.234 e. The summed E-state index contributed by atoms with van der Waals surface area (Å²) in [5.74, 6) is 2.14. The van der Waals surface area contributed by atoms with Crippen LogP contribution in [0.3, 0.4) is 0 Å². The van der Waals surface area contributed by atoms with Gasteiger partial charge in [-0.15, -0.1) is 0 Å². The van der Waals surface area contributed by atoms with Gasteiger partial charge in [0.25, 0.3) is 0 Å². The highest BCUT2D eigenvalue weighted by Gasteiger charge is 1.87. The molecular formula is C6H10O. The normalized spacial score (nSPS) is 12.3. The molecule has 7 heavy (non-hydrogen) atoms. The summed E-state index contributed by atoms with van der Waals surface area (Å²) in [6.45, 7) is 4.03. The Morgan fingerprint density at radius 2 is 2.43 bits per heavy atom. The molecule has 1 nitrogen and oxygen atoms in total. The van der Waals surface area contributed by atoms with E-state index >= 15 is 0 Å². The Labute approximate surface area is 44.0 Å². The van der Waals surface area contributed by atoms with E-state index in [-0.39, 0.29) is 0 Å². The van der Waals surface area contributed by atoms with E-state index in [1.165, 1.54) is 0 Å². The number of rotatable bonds is 2. The molecule has 0 aromatic heterocycles. The smallest absolute Gasteiger partial charge is 0.120 e. The lowest BCUT2D eigenvalue weighted by Gasteiger charge is -1.92. The van der Waals surface area contributed by atoms with Gasteiger partial charge in [0.05, 0.1) is 0 Å². The Hall–Kier alpha value is -0.550. The Kier molecular flexibility index (Phi) is 3.35. The molecule has 0 aliphatic rings. The van der Waals surface area contributed by atoms with Crippen LogP contribution in [0.1, 0.15) is 20.3 Å². The first kappa shape index (κ1) is 6.45. The SMILES string of the molecule is CC[C@H](C)C=C=O. The van der Waals surface area contributed by atoms with Crippen LogP contribution in [0.2, 0.25) is 0 Å². The molecular weight excluding hydrogens is 88.1 g/mol. The lowest BCUT2D eigenvalue weighted by atomic mass is 10.1. The van der Waals surface area contributed by atoms with Gasteiger partial charge in [-0.3, -0.25) is 0 Å². The van der Waals surface area contributed by atoms with E-state index in [0.717, 1.165) is 6.42 Å². The molecule has 1 atom stereocenters. The minimum absolute atomic E-state index is 0.400. The number of allylic oxidation sites excluding steroid dienone is 1. The molecule has 0 aliphatic carbocycles. The van der Waals surface area contributed by atoms with Crippen molar-refractivity contribution in [2.75, 3.05) is 0 Å². The van der Waals surface area contributed by atoms with Crippen LogP contribution in [0.25, 0.3) is 0 Å². The van der Waals surface area contributed by atoms with E-state index in [4.69, 9.17) is 0 Å². The van der Waals surface area contributed by atoms with E-state index in [2.05, 4.69) is 0 Å². The molecule has 1 heteroatoms. The molecule has 0 heterocycles. The average Bonchev–Trinajstić information content (AvgIpc) is 1.68. The number of hydrogen-bond donors (Lipinski definition) is 0. The fourth-order valence-electron chi connectivity index (χ4n) is 0.234. The minimum Gasteiger partial charge on any atom is -0.234 e. The van der Waals surface area contributed by atoms with Crippen molar-refractivity contribution in [3.8, 4) is 0 Å². The molecule has 0 amide bonds. The highest BCUT2D eigenvalue weighted by molar-refractivity contribution is 5.45. The lowest BCUT2D eigenvalue weighted by Crippen LogP contribution is -1.82. The summed E-state index contributed by atoms with van der Waals surface area (Å²) in [6, 6.07) is 0. The van der Waals surface area contributed by atoms with Crippen molar-refractivity contribution in [2.45, 2.75) is 20.3 Å². The summed E-state index contributed by atoms with van der Waals surface area (Å²) in [5.41, 5.74) is 0. The van der Waals surface area contributed by atoms with Crippen LogP contribution in [0.4, 0.5) is 0 Å². The molecule has 40 valence electrons. The molecule has 0 spiro atoms. The third-order valence-electron chi connectivity index (χ3n) is 0.997. The van der Waals surface area contributed by atoms with Crippen molar-refractivity contribution in [3.63, 3.8) is 0 Å². The van der Waals surface area contributed by atoms with Crippen LogP contribution in [0, 0.1) is 5.92 Å². The molecule has 0 aromatic rings. The summed E-state index contributed by atoms with van der Waals surface area (Å²) in [6.07, 6.45) is 2.56. The summed E-state index contributed by atoms with van der Waals surface area (Å²) in [7, 11) is 0. The van der Waals surface area contributed by atoms with E-state index < -0.39 is 0 Å². The first-order valence-electron chi connectivity index (χ1n) is 2.52. The monoisotopic (exact) mass is 98.1 g/mol. The first-order valence-corrected chi connectivity index (χ1v) is 2.52. The maximum atomic E-state index is 9.59.